The van der Waals surface area contributed by atoms with Crippen LogP contribution in [0.2, 0.25) is 0 Å². The molecule has 4 aromatic carbocycles. The summed E-state index contributed by atoms with van der Waals surface area (Å²) in [5.74, 6) is -8.00. The Morgan fingerprint density at radius 2 is 0.833 bits per heavy atom. The zero-order valence-corrected chi connectivity index (χ0v) is 26.0. The van der Waals surface area contributed by atoms with Crippen molar-refractivity contribution in [3.05, 3.63) is 123 Å². The fourth-order valence-electron chi connectivity index (χ4n) is 6.71. The molecule has 4 aromatic rings. The first kappa shape index (κ1) is 37.7. The number of carbonyl (C=O) groups is 4. The van der Waals surface area contributed by atoms with E-state index in [9.17, 15) is 82.1 Å². The molecule has 0 saturated carbocycles. The largest absolute Gasteiger partial charge is 0.508 e. The van der Waals surface area contributed by atoms with Gasteiger partial charge in [0.2, 0.25) is 10.8 Å². The van der Waals surface area contributed by atoms with E-state index in [1.54, 1.807) is 5.32 Å². The van der Waals surface area contributed by atoms with Gasteiger partial charge in [-0.2, -0.15) is 52.7 Å². The lowest BCUT2D eigenvalue weighted by molar-refractivity contribution is -0.290. The van der Waals surface area contributed by atoms with E-state index in [-0.39, 0.29) is 59.5 Å². The summed E-state index contributed by atoms with van der Waals surface area (Å²) in [5.41, 5.74) is -21.7. The van der Waals surface area contributed by atoms with Gasteiger partial charge in [0.1, 0.15) is 11.5 Å². The fraction of sp³-hybridized carbons (Fsp3) is 0.176. The third kappa shape index (κ3) is 5.09. The molecule has 282 valence electrons. The predicted molar refractivity (Wildman–Crippen MR) is 158 cm³/mol. The van der Waals surface area contributed by atoms with Crippen molar-refractivity contribution in [3.8, 4) is 11.5 Å². The summed E-state index contributed by atoms with van der Waals surface area (Å²) in [5, 5.41) is 21.8. The molecule has 0 aromatic heterocycles. The standard InChI is InChI=1S/C34H16F12N2O6/c35-31(36,37)29(32(38,39)40,14-1-6-18(49)7-2-14)17-5-10-24(50)23(13-17)48-27(53)20-9-4-16(12-22(20)28(48)54)30(33(41,42)43,34(44,45)46)15-3-8-19-21(11-15)26(52)47-25(19)51/h1-13,49-50H,(H,47,51,52). The van der Waals surface area contributed by atoms with Gasteiger partial charge in [-0.25, -0.2) is 4.90 Å². The quantitative estimate of drug-likeness (QED) is 0.142. The second-order valence-corrected chi connectivity index (χ2v) is 12.0. The summed E-state index contributed by atoms with van der Waals surface area (Å²) >= 11 is 0. The highest BCUT2D eigenvalue weighted by Crippen LogP contribution is 2.59. The Morgan fingerprint density at radius 1 is 0.444 bits per heavy atom. The Hall–Kier alpha value is -6.08. The first-order valence-corrected chi connectivity index (χ1v) is 14.7. The van der Waals surface area contributed by atoms with E-state index in [1.807, 2.05) is 0 Å². The molecule has 2 heterocycles. The number of phenols is 2. The van der Waals surface area contributed by atoms with E-state index in [0.29, 0.717) is 24.3 Å². The van der Waals surface area contributed by atoms with Gasteiger partial charge in [0, 0.05) is 0 Å². The van der Waals surface area contributed by atoms with Gasteiger partial charge in [-0.15, -0.1) is 0 Å². The van der Waals surface area contributed by atoms with Crippen molar-refractivity contribution in [2.24, 2.45) is 0 Å². The molecule has 4 amide bonds. The van der Waals surface area contributed by atoms with Crippen LogP contribution in [0.15, 0.2) is 78.9 Å². The molecule has 0 bridgehead atoms. The number of alkyl halides is 12. The van der Waals surface area contributed by atoms with Crippen LogP contribution in [0.5, 0.6) is 11.5 Å². The Balaban J connectivity index is 1.54. The molecule has 0 saturated heterocycles. The number of anilines is 1. The number of aromatic hydroxyl groups is 2. The normalized spacial score (nSPS) is 15.4. The summed E-state index contributed by atoms with van der Waals surface area (Å²) in [6.45, 7) is 0. The SMILES string of the molecule is O=C1NC(=O)c2cc(C(c3ccc4c(c3)C(=O)N(c3cc(C(c5ccc(O)cc5)(C(F)(F)F)C(F)(F)F)ccc3O)C4=O)(C(F)(F)F)C(F)(F)F)ccc21. The number of phenolic OH excluding ortho intramolecular Hbond substituents is 2. The van der Waals surface area contributed by atoms with Crippen LogP contribution in [0, 0.1) is 0 Å². The number of nitrogens with one attached hydrogen (secondary N) is 1. The zero-order valence-electron chi connectivity index (χ0n) is 26.0. The molecule has 2 aliphatic rings. The molecule has 20 heteroatoms. The van der Waals surface area contributed by atoms with Gasteiger partial charge in [-0.05, 0) is 70.8 Å². The topological polar surface area (TPSA) is 124 Å². The third-order valence-electron chi connectivity index (χ3n) is 9.14. The maximum absolute atomic E-state index is 14.9. The van der Waals surface area contributed by atoms with E-state index in [4.69, 9.17) is 0 Å². The third-order valence-corrected chi connectivity index (χ3v) is 9.14. The van der Waals surface area contributed by atoms with Crippen LogP contribution in [0.3, 0.4) is 0 Å². The molecular weight excluding hydrogens is 760 g/mol. The number of hydrogen-bond acceptors (Lipinski definition) is 6. The van der Waals surface area contributed by atoms with E-state index in [0.717, 1.165) is 0 Å². The van der Waals surface area contributed by atoms with E-state index in [1.165, 1.54) is 0 Å². The Morgan fingerprint density at radius 3 is 1.35 bits per heavy atom. The van der Waals surface area contributed by atoms with Crippen molar-refractivity contribution in [2.75, 3.05) is 4.90 Å². The van der Waals surface area contributed by atoms with Crippen LogP contribution >= 0.6 is 0 Å². The van der Waals surface area contributed by atoms with Gasteiger partial charge in [0.25, 0.3) is 23.6 Å². The lowest BCUT2D eigenvalue weighted by Crippen LogP contribution is -2.55. The number of halogens is 12. The first-order chi connectivity index (χ1) is 24.8. The van der Waals surface area contributed by atoms with Crippen molar-refractivity contribution in [2.45, 2.75) is 35.5 Å². The zero-order chi connectivity index (χ0) is 40.1. The summed E-state index contributed by atoms with van der Waals surface area (Å²) in [6.07, 6.45) is -25.2. The van der Waals surface area contributed by atoms with Gasteiger partial charge in [-0.1, -0.05) is 30.3 Å². The molecule has 3 N–H and O–H groups in total. The van der Waals surface area contributed by atoms with Gasteiger partial charge >= 0.3 is 24.7 Å². The van der Waals surface area contributed by atoms with Crippen LogP contribution in [0.25, 0.3) is 0 Å². The Bertz CT molecular complexity index is 2250. The molecule has 0 atom stereocenters. The van der Waals surface area contributed by atoms with E-state index >= 15 is 0 Å². The van der Waals surface area contributed by atoms with Crippen LogP contribution in [0.1, 0.15) is 63.7 Å². The number of hydrogen-bond donors (Lipinski definition) is 3. The van der Waals surface area contributed by atoms with Crippen LogP contribution in [-0.4, -0.2) is 58.5 Å². The van der Waals surface area contributed by atoms with Crippen LogP contribution < -0.4 is 10.2 Å². The molecule has 54 heavy (non-hydrogen) atoms. The van der Waals surface area contributed by atoms with Crippen molar-refractivity contribution < 1.29 is 82.1 Å². The molecule has 0 spiro atoms. The van der Waals surface area contributed by atoms with E-state index in [2.05, 4.69) is 0 Å². The molecule has 0 radical (unpaired) electrons. The fourth-order valence-corrected chi connectivity index (χ4v) is 6.71. The maximum Gasteiger partial charge on any atom is 0.411 e. The minimum absolute atomic E-state index is 0.0118. The number of fused-ring (bicyclic) bond motifs is 2. The van der Waals surface area contributed by atoms with Crippen molar-refractivity contribution >= 4 is 29.3 Å². The number of amides is 4. The molecule has 8 nitrogen and oxygen atoms in total. The molecule has 0 aliphatic carbocycles. The highest BCUT2D eigenvalue weighted by Gasteiger charge is 2.74. The monoisotopic (exact) mass is 776 g/mol. The van der Waals surface area contributed by atoms with Gasteiger partial charge in [0.05, 0.1) is 27.9 Å². The average Bonchev–Trinajstić information content (AvgIpc) is 3.46. The number of rotatable bonds is 5. The molecule has 2 aliphatic heterocycles. The smallest absolute Gasteiger partial charge is 0.411 e. The predicted octanol–water partition coefficient (Wildman–Crippen LogP) is 7.60. The Kier molecular flexibility index (Phi) is 8.17. The van der Waals surface area contributed by atoms with Crippen molar-refractivity contribution in [1.82, 2.24) is 5.32 Å². The van der Waals surface area contributed by atoms with Crippen molar-refractivity contribution in [1.29, 1.82) is 0 Å². The van der Waals surface area contributed by atoms with Gasteiger partial charge in [-0.3, -0.25) is 24.5 Å². The lowest BCUT2D eigenvalue weighted by atomic mass is 9.71. The molecular formula is C34H16F12N2O6. The Labute approximate surface area is 292 Å². The second-order valence-electron chi connectivity index (χ2n) is 12.0. The summed E-state index contributed by atoms with van der Waals surface area (Å²) in [7, 11) is 0. The summed E-state index contributed by atoms with van der Waals surface area (Å²) in [6, 6.07) is 3.35. The first-order valence-electron chi connectivity index (χ1n) is 14.7. The minimum Gasteiger partial charge on any atom is -0.508 e. The summed E-state index contributed by atoms with van der Waals surface area (Å²) < 4.78 is 178. The second kappa shape index (κ2) is 11.7. The van der Waals surface area contributed by atoms with Crippen LogP contribution in [-0.2, 0) is 10.8 Å². The molecule has 0 fully saturated rings. The number of nitrogens with zero attached hydrogens (tertiary/aromatic N) is 1. The lowest BCUT2D eigenvalue weighted by Gasteiger charge is -2.38. The van der Waals surface area contributed by atoms with Crippen LogP contribution in [0.4, 0.5) is 58.4 Å². The van der Waals surface area contributed by atoms with E-state index < -0.39 is 121 Å². The molecule has 0 unspecified atom stereocenters. The molecule has 6 rings (SSSR count). The maximum atomic E-state index is 14.9. The van der Waals surface area contributed by atoms with Gasteiger partial charge in [0.15, 0.2) is 0 Å². The summed E-state index contributed by atoms with van der Waals surface area (Å²) in [4.78, 5) is 51.0. The number of carbonyl (C=O) groups excluding carboxylic acids is 4. The van der Waals surface area contributed by atoms with Gasteiger partial charge < -0.3 is 10.2 Å². The highest BCUT2D eigenvalue weighted by molar-refractivity contribution is 6.35. The highest BCUT2D eigenvalue weighted by atomic mass is 19.4. The number of imide groups is 2. The number of benzene rings is 4. The average molecular weight is 776 g/mol. The minimum atomic E-state index is -6.34. The van der Waals surface area contributed by atoms with Crippen molar-refractivity contribution in [3.63, 3.8) is 0 Å².